The molecule has 0 radical (unpaired) electrons. The summed E-state index contributed by atoms with van der Waals surface area (Å²) in [6.07, 6.45) is 2.42. The maximum atomic E-state index is 14.1. The van der Waals surface area contributed by atoms with Gasteiger partial charge in [0.2, 0.25) is 0 Å². The van der Waals surface area contributed by atoms with E-state index in [0.29, 0.717) is 10.7 Å². The molecule has 0 N–H and O–H groups in total. The van der Waals surface area contributed by atoms with E-state index in [9.17, 15) is 9.18 Å². The first-order valence-corrected chi connectivity index (χ1v) is 9.61. The second-order valence-corrected chi connectivity index (χ2v) is 9.01. The number of nitrogens with zero attached hydrogens (tertiary/aromatic N) is 2. The van der Waals surface area contributed by atoms with E-state index in [4.69, 9.17) is 11.6 Å². The standard InChI is InChI=1S/C19H22ClFN2OS/c1-11-16(19(2,3)4)25-18(23(11)10-12-8-9-12)22-17(24)13-6-5-7-14(20)15(13)21/h5-7,12H,8-10H2,1-4H3. The molecule has 1 saturated carbocycles. The molecule has 2 aromatic rings. The summed E-state index contributed by atoms with van der Waals surface area (Å²) in [5.41, 5.74) is 1.02. The van der Waals surface area contributed by atoms with E-state index in [1.54, 1.807) is 6.07 Å². The van der Waals surface area contributed by atoms with Crippen LogP contribution in [-0.4, -0.2) is 10.5 Å². The Balaban J connectivity index is 2.09. The van der Waals surface area contributed by atoms with Crippen LogP contribution in [0.4, 0.5) is 4.39 Å². The van der Waals surface area contributed by atoms with E-state index in [-0.39, 0.29) is 16.0 Å². The molecule has 134 valence electrons. The van der Waals surface area contributed by atoms with Crippen molar-refractivity contribution in [1.82, 2.24) is 4.57 Å². The van der Waals surface area contributed by atoms with Gasteiger partial charge >= 0.3 is 0 Å². The molecule has 0 aliphatic heterocycles. The van der Waals surface area contributed by atoms with E-state index in [1.165, 1.54) is 41.2 Å². The highest BCUT2D eigenvalue weighted by Crippen LogP contribution is 2.33. The Morgan fingerprint density at radius 2 is 2.08 bits per heavy atom. The minimum absolute atomic E-state index is 0.0296. The van der Waals surface area contributed by atoms with E-state index in [1.807, 2.05) is 0 Å². The summed E-state index contributed by atoms with van der Waals surface area (Å²) in [7, 11) is 0. The van der Waals surface area contributed by atoms with Crippen LogP contribution in [0.15, 0.2) is 23.2 Å². The third kappa shape index (κ3) is 3.87. The number of aromatic nitrogens is 1. The summed E-state index contributed by atoms with van der Waals surface area (Å²) >= 11 is 7.30. The normalized spacial score (nSPS) is 15.7. The Kier molecular flexibility index (Phi) is 4.91. The number of benzene rings is 1. The van der Waals surface area contributed by atoms with E-state index in [2.05, 4.69) is 37.3 Å². The average molecular weight is 381 g/mol. The zero-order valence-corrected chi connectivity index (χ0v) is 16.5. The number of carbonyl (C=O) groups is 1. The molecule has 1 fully saturated rings. The second-order valence-electron chi connectivity index (χ2n) is 7.62. The van der Waals surface area contributed by atoms with Crippen molar-refractivity contribution in [3.63, 3.8) is 0 Å². The van der Waals surface area contributed by atoms with Gasteiger partial charge in [-0.15, -0.1) is 11.3 Å². The number of hydrogen-bond acceptors (Lipinski definition) is 2. The Bertz CT molecular complexity index is 888. The van der Waals surface area contributed by atoms with Crippen molar-refractivity contribution in [3.05, 3.63) is 50.0 Å². The molecule has 1 aliphatic carbocycles. The minimum Gasteiger partial charge on any atom is -0.320 e. The molecule has 0 atom stereocenters. The maximum absolute atomic E-state index is 14.1. The van der Waals surface area contributed by atoms with Crippen LogP contribution in [0, 0.1) is 18.7 Å². The molecular formula is C19H22ClFN2OS. The van der Waals surface area contributed by atoms with Gasteiger partial charge in [-0.25, -0.2) is 4.39 Å². The molecule has 25 heavy (non-hydrogen) atoms. The van der Waals surface area contributed by atoms with E-state index in [0.717, 1.165) is 12.2 Å². The fourth-order valence-corrected chi connectivity index (χ4v) is 4.23. The Labute approximate surface area is 156 Å². The lowest BCUT2D eigenvalue weighted by Crippen LogP contribution is -2.20. The molecule has 6 heteroatoms. The first kappa shape index (κ1) is 18.3. The first-order valence-electron chi connectivity index (χ1n) is 8.42. The van der Waals surface area contributed by atoms with Crippen molar-refractivity contribution >= 4 is 28.8 Å². The molecule has 0 unspecified atom stereocenters. The predicted octanol–water partition coefficient (Wildman–Crippen LogP) is 5.10. The third-order valence-electron chi connectivity index (χ3n) is 4.36. The molecule has 3 rings (SSSR count). The Hall–Kier alpha value is -1.46. The van der Waals surface area contributed by atoms with Gasteiger partial charge in [0.05, 0.1) is 10.6 Å². The average Bonchev–Trinajstić information content (AvgIpc) is 3.28. The molecule has 1 aliphatic rings. The highest BCUT2D eigenvalue weighted by atomic mass is 35.5. The molecule has 1 aromatic heterocycles. The molecule has 0 saturated heterocycles. The number of amides is 1. The lowest BCUT2D eigenvalue weighted by Gasteiger charge is -2.17. The molecule has 1 heterocycles. The number of halogens is 2. The summed E-state index contributed by atoms with van der Waals surface area (Å²) < 4.78 is 16.2. The van der Waals surface area contributed by atoms with Crippen LogP contribution in [-0.2, 0) is 12.0 Å². The van der Waals surface area contributed by atoms with Crippen molar-refractivity contribution in [3.8, 4) is 0 Å². The van der Waals surface area contributed by atoms with Gasteiger partial charge in [-0.05, 0) is 43.2 Å². The first-order chi connectivity index (χ1) is 11.7. The van der Waals surface area contributed by atoms with Gasteiger partial charge in [-0.1, -0.05) is 38.4 Å². The van der Waals surface area contributed by atoms with Gasteiger partial charge in [0.15, 0.2) is 10.6 Å². The quantitative estimate of drug-likeness (QED) is 0.729. The van der Waals surface area contributed by atoms with Crippen molar-refractivity contribution in [2.45, 2.75) is 52.5 Å². The van der Waals surface area contributed by atoms with Gasteiger partial charge in [0, 0.05) is 17.1 Å². The van der Waals surface area contributed by atoms with Gasteiger partial charge in [-0.2, -0.15) is 4.99 Å². The third-order valence-corrected chi connectivity index (χ3v) is 6.25. The molecule has 1 aromatic carbocycles. The predicted molar refractivity (Wildman–Crippen MR) is 99.8 cm³/mol. The zero-order chi connectivity index (χ0) is 18.4. The monoisotopic (exact) mass is 380 g/mol. The smallest absolute Gasteiger partial charge is 0.282 e. The van der Waals surface area contributed by atoms with E-state index >= 15 is 0 Å². The number of rotatable bonds is 3. The van der Waals surface area contributed by atoms with Gasteiger partial charge in [0.1, 0.15) is 0 Å². The summed E-state index contributed by atoms with van der Waals surface area (Å²) in [6.45, 7) is 9.38. The Morgan fingerprint density at radius 1 is 1.40 bits per heavy atom. The highest BCUT2D eigenvalue weighted by Gasteiger charge is 2.27. The molecule has 3 nitrogen and oxygen atoms in total. The van der Waals surface area contributed by atoms with Crippen molar-refractivity contribution in [2.24, 2.45) is 10.9 Å². The zero-order valence-electron chi connectivity index (χ0n) is 14.9. The summed E-state index contributed by atoms with van der Waals surface area (Å²) in [5.74, 6) is -0.652. The molecule has 1 amide bonds. The van der Waals surface area contributed by atoms with Crippen LogP contribution in [0.3, 0.4) is 0 Å². The SMILES string of the molecule is Cc1c(C(C)(C)C)sc(=NC(=O)c2cccc(Cl)c2F)n1CC1CC1. The highest BCUT2D eigenvalue weighted by molar-refractivity contribution is 7.09. The van der Waals surface area contributed by atoms with Crippen molar-refractivity contribution in [1.29, 1.82) is 0 Å². The van der Waals surface area contributed by atoms with Crippen molar-refractivity contribution < 1.29 is 9.18 Å². The largest absolute Gasteiger partial charge is 0.320 e. The molecular weight excluding hydrogens is 359 g/mol. The van der Waals surface area contributed by atoms with Crippen LogP contribution < -0.4 is 4.80 Å². The van der Waals surface area contributed by atoms with Crippen LogP contribution in [0.5, 0.6) is 0 Å². The van der Waals surface area contributed by atoms with Crippen LogP contribution >= 0.6 is 22.9 Å². The van der Waals surface area contributed by atoms with E-state index < -0.39 is 11.7 Å². The van der Waals surface area contributed by atoms with Crippen molar-refractivity contribution in [2.75, 3.05) is 0 Å². The van der Waals surface area contributed by atoms with Crippen LogP contribution in [0.1, 0.15) is 54.5 Å². The summed E-state index contributed by atoms with van der Waals surface area (Å²) in [4.78, 5) is 18.6. The lowest BCUT2D eigenvalue weighted by atomic mass is 9.93. The fourth-order valence-electron chi connectivity index (χ4n) is 2.85. The van der Waals surface area contributed by atoms with Crippen LogP contribution in [0.25, 0.3) is 0 Å². The summed E-state index contributed by atoms with van der Waals surface area (Å²) in [6, 6.07) is 4.41. The van der Waals surface area contributed by atoms with Gasteiger partial charge in [0.25, 0.3) is 5.91 Å². The Morgan fingerprint density at radius 3 is 2.68 bits per heavy atom. The molecule has 0 bridgehead atoms. The van der Waals surface area contributed by atoms with Gasteiger partial charge in [-0.3, -0.25) is 4.79 Å². The number of carbonyl (C=O) groups excluding carboxylic acids is 1. The fraction of sp³-hybridized carbons (Fsp3) is 0.474. The number of hydrogen-bond donors (Lipinski definition) is 0. The van der Waals surface area contributed by atoms with Crippen LogP contribution in [0.2, 0.25) is 5.02 Å². The van der Waals surface area contributed by atoms with Gasteiger partial charge < -0.3 is 4.57 Å². The number of thiazole rings is 1. The lowest BCUT2D eigenvalue weighted by molar-refractivity contribution is 0.0994. The topological polar surface area (TPSA) is 34.4 Å². The summed E-state index contributed by atoms with van der Waals surface area (Å²) in [5, 5.41) is -0.0651. The minimum atomic E-state index is -0.712. The maximum Gasteiger partial charge on any atom is 0.282 e. The molecule has 0 spiro atoms. The second kappa shape index (κ2) is 6.69.